The van der Waals surface area contributed by atoms with Crippen molar-refractivity contribution in [3.8, 4) is 0 Å². The molecule has 0 bridgehead atoms. The fraction of sp³-hybridized carbons (Fsp3) is 0.773. The van der Waals surface area contributed by atoms with Crippen LogP contribution in [-0.4, -0.2) is 39.0 Å². The zero-order valence-electron chi connectivity index (χ0n) is 17.9. The van der Waals surface area contributed by atoms with Crippen LogP contribution in [-0.2, 0) is 17.0 Å². The molecule has 4 atom stereocenters. The molecule has 160 valence electrons. The number of hydrogen-bond donors (Lipinski definition) is 0. The molecule has 2 saturated carbocycles. The Hall–Kier alpha value is 0.911. The zero-order chi connectivity index (χ0) is 19.3. The zero-order valence-corrected chi connectivity index (χ0v) is 22.0. The molecular formula is C22H38Cl2N2SiTi-2. The number of hydrogen-bond acceptors (Lipinski definition) is 1. The third kappa shape index (κ3) is 5.78. The van der Waals surface area contributed by atoms with Crippen molar-refractivity contribution in [3.05, 3.63) is 37.0 Å². The summed E-state index contributed by atoms with van der Waals surface area (Å²) in [5.41, 5.74) is 0.939. The molecule has 2 nitrogen and oxygen atoms in total. The predicted octanol–water partition coefficient (Wildman–Crippen LogP) is 7.04. The Bertz CT molecular complexity index is 517. The van der Waals surface area contributed by atoms with Crippen LogP contribution in [0.3, 0.4) is 0 Å². The van der Waals surface area contributed by atoms with Crippen LogP contribution < -0.4 is 0 Å². The van der Waals surface area contributed by atoms with Gasteiger partial charge in [-0.15, -0.1) is 13.1 Å². The Morgan fingerprint density at radius 2 is 1.54 bits per heavy atom. The van der Waals surface area contributed by atoms with Crippen molar-refractivity contribution < 1.29 is 17.0 Å². The first-order valence-electron chi connectivity index (χ1n) is 10.8. The second kappa shape index (κ2) is 12.1. The predicted molar refractivity (Wildman–Crippen MR) is 124 cm³/mol. The fourth-order valence-electron chi connectivity index (χ4n) is 6.33. The first kappa shape index (κ1) is 25.2. The average molecular weight is 477 g/mol. The summed E-state index contributed by atoms with van der Waals surface area (Å²) in [6.45, 7) is 9.91. The van der Waals surface area contributed by atoms with Crippen molar-refractivity contribution >= 4 is 26.8 Å². The second-order valence-electron chi connectivity index (χ2n) is 9.21. The summed E-state index contributed by atoms with van der Waals surface area (Å²) in [5.74, 6) is 3.63. The van der Waals surface area contributed by atoms with Gasteiger partial charge >= 0.3 is 35.6 Å². The molecule has 3 unspecified atom stereocenters. The molecule has 0 N–H and O–H groups in total. The van der Waals surface area contributed by atoms with E-state index in [2.05, 4.69) is 47.3 Å². The minimum atomic E-state index is -1.39. The Balaban J connectivity index is 0.000000660. The van der Waals surface area contributed by atoms with E-state index < -0.39 is 25.3 Å². The molecule has 0 amide bonds. The second-order valence-corrected chi connectivity index (χ2v) is 16.5. The van der Waals surface area contributed by atoms with Gasteiger partial charge in [-0.05, 0) is 48.7 Å². The number of piperazine rings is 1. The van der Waals surface area contributed by atoms with E-state index >= 15 is 0 Å². The van der Waals surface area contributed by atoms with Gasteiger partial charge in [0.25, 0.3) is 0 Å². The van der Waals surface area contributed by atoms with E-state index in [0.29, 0.717) is 0 Å². The summed E-state index contributed by atoms with van der Waals surface area (Å²) in [6.07, 6.45) is 18.8. The molecule has 0 radical (unpaired) electrons. The van der Waals surface area contributed by atoms with Gasteiger partial charge in [-0.1, -0.05) is 69.5 Å². The SMILES string of the molecule is C[Si](C)(C1C[C@H](C2CCCCC2)C2C=CC=CC21)N1CC[N-]CC1.[CH3-].[Cl][Ti][Cl]. The number of fused-ring (bicyclic) bond motifs is 1. The van der Waals surface area contributed by atoms with E-state index in [1.807, 2.05) is 0 Å². The van der Waals surface area contributed by atoms with E-state index in [-0.39, 0.29) is 7.43 Å². The van der Waals surface area contributed by atoms with Crippen LogP contribution in [0.1, 0.15) is 38.5 Å². The molecule has 1 saturated heterocycles. The molecule has 4 aliphatic rings. The van der Waals surface area contributed by atoms with Gasteiger partial charge in [-0.3, -0.25) is 0 Å². The van der Waals surface area contributed by atoms with E-state index in [4.69, 9.17) is 18.6 Å². The van der Waals surface area contributed by atoms with Gasteiger partial charge in [0.05, 0.1) is 0 Å². The van der Waals surface area contributed by atoms with Crippen LogP contribution in [0.25, 0.3) is 5.32 Å². The Morgan fingerprint density at radius 3 is 2.14 bits per heavy atom. The molecule has 6 heteroatoms. The van der Waals surface area contributed by atoms with E-state index in [9.17, 15) is 0 Å². The molecule has 1 aliphatic heterocycles. The maximum absolute atomic E-state index is 4.89. The van der Waals surface area contributed by atoms with Gasteiger partial charge in [0.1, 0.15) is 8.24 Å². The van der Waals surface area contributed by atoms with Gasteiger partial charge in [-0.2, -0.15) is 0 Å². The quantitative estimate of drug-likeness (QED) is 0.315. The van der Waals surface area contributed by atoms with Crippen LogP contribution in [0.15, 0.2) is 24.3 Å². The van der Waals surface area contributed by atoms with Crippen molar-refractivity contribution in [2.45, 2.75) is 57.2 Å². The van der Waals surface area contributed by atoms with E-state index in [1.54, 1.807) is 0 Å². The summed E-state index contributed by atoms with van der Waals surface area (Å²) >= 11 is -0.556. The molecule has 0 aromatic heterocycles. The summed E-state index contributed by atoms with van der Waals surface area (Å²) in [4.78, 5) is 0. The molecule has 28 heavy (non-hydrogen) atoms. The Morgan fingerprint density at radius 1 is 0.964 bits per heavy atom. The third-order valence-corrected chi connectivity index (χ3v) is 12.3. The third-order valence-electron chi connectivity index (χ3n) is 7.74. The van der Waals surface area contributed by atoms with Gasteiger partial charge in [0, 0.05) is 0 Å². The first-order chi connectivity index (χ1) is 13.1. The molecule has 3 aliphatic carbocycles. The normalized spacial score (nSPS) is 33.4. The Kier molecular flexibility index (Phi) is 10.9. The van der Waals surface area contributed by atoms with Crippen LogP contribution in [0.2, 0.25) is 18.6 Å². The van der Waals surface area contributed by atoms with E-state index in [0.717, 1.165) is 42.3 Å². The van der Waals surface area contributed by atoms with Crippen LogP contribution in [0.4, 0.5) is 0 Å². The fourth-order valence-corrected chi connectivity index (χ4v) is 10.3. The van der Waals surface area contributed by atoms with Gasteiger partial charge in [0.2, 0.25) is 0 Å². The standard InChI is InChI=1S/C21H35N2Si.CH3.2ClH.Ti/c1-24(2,23-14-12-22-13-15-23)21-16-20(17-8-4-3-5-9-17)18-10-6-7-11-19(18)21;;;;/h6-7,10-11,17-21H,3-5,8-9,12-16H2,1-2H3;1H3;2*1H;/q2*-1;;;+2/p-2/t18?,19?,20-,21?;;;;/m1..../s1. The summed E-state index contributed by atoms with van der Waals surface area (Å²) in [6, 6.07) is 0. The van der Waals surface area contributed by atoms with Crippen LogP contribution >= 0.6 is 18.6 Å². The molecule has 0 aromatic carbocycles. The minimum absolute atomic E-state index is 0. The van der Waals surface area contributed by atoms with Crippen molar-refractivity contribution in [1.29, 1.82) is 0 Å². The molecule has 1 heterocycles. The summed E-state index contributed by atoms with van der Waals surface area (Å²) in [5, 5.41) is 4.59. The number of halogens is 2. The van der Waals surface area contributed by atoms with Gasteiger partial charge in [0.15, 0.2) is 0 Å². The number of nitrogens with zero attached hydrogens (tertiary/aromatic N) is 2. The molecule has 3 fully saturated rings. The first-order valence-corrected chi connectivity index (χ1v) is 18.1. The van der Waals surface area contributed by atoms with Crippen molar-refractivity contribution in [3.63, 3.8) is 0 Å². The van der Waals surface area contributed by atoms with Gasteiger partial charge in [-0.25, -0.2) is 0 Å². The van der Waals surface area contributed by atoms with Gasteiger partial charge < -0.3 is 17.3 Å². The molecule has 0 spiro atoms. The maximum atomic E-state index is 4.89. The van der Waals surface area contributed by atoms with Crippen molar-refractivity contribution in [1.82, 2.24) is 4.57 Å². The molecule has 4 rings (SSSR count). The number of allylic oxidation sites excluding steroid dienone is 4. The Labute approximate surface area is 191 Å². The van der Waals surface area contributed by atoms with Crippen LogP contribution in [0, 0.1) is 31.1 Å². The van der Waals surface area contributed by atoms with Crippen LogP contribution in [0.5, 0.6) is 0 Å². The van der Waals surface area contributed by atoms with Crippen molar-refractivity contribution in [2.75, 3.05) is 26.2 Å². The summed E-state index contributed by atoms with van der Waals surface area (Å²) < 4.78 is 2.89. The van der Waals surface area contributed by atoms with Crippen molar-refractivity contribution in [2.24, 2.45) is 23.7 Å². The monoisotopic (exact) mass is 476 g/mol. The molecule has 0 aromatic rings. The topological polar surface area (TPSA) is 17.3 Å². The summed E-state index contributed by atoms with van der Waals surface area (Å²) in [7, 11) is 8.38. The van der Waals surface area contributed by atoms with E-state index in [1.165, 1.54) is 51.6 Å². The average Bonchev–Trinajstić information content (AvgIpc) is 3.10. The number of rotatable bonds is 3. The molecular weight excluding hydrogens is 439 g/mol.